The number of rotatable bonds is 7. The Morgan fingerprint density at radius 1 is 0.895 bits per heavy atom. The molecule has 2 fully saturated rings. The van der Waals surface area contributed by atoms with Gasteiger partial charge in [0, 0.05) is 49.4 Å². The summed E-state index contributed by atoms with van der Waals surface area (Å²) in [4.78, 5) is 31.1. The third-order valence-electron chi connectivity index (χ3n) is 7.74. The van der Waals surface area contributed by atoms with Gasteiger partial charge in [0.05, 0.1) is 5.71 Å². The van der Waals surface area contributed by atoms with E-state index in [2.05, 4.69) is 73.5 Å². The molecule has 2 saturated heterocycles. The lowest BCUT2D eigenvalue weighted by Crippen LogP contribution is -2.46. The number of benzene rings is 2. The Morgan fingerprint density at radius 3 is 2.13 bits per heavy atom. The molecule has 0 saturated carbocycles. The van der Waals surface area contributed by atoms with Crippen molar-refractivity contribution in [3.8, 4) is 11.1 Å². The molecule has 1 aromatic heterocycles. The molecule has 3 aromatic rings. The quantitative estimate of drug-likeness (QED) is 0.376. The summed E-state index contributed by atoms with van der Waals surface area (Å²) < 4.78 is 0. The topological polar surface area (TPSA) is 96.9 Å². The summed E-state index contributed by atoms with van der Waals surface area (Å²) >= 11 is 0. The van der Waals surface area contributed by atoms with E-state index in [0.717, 1.165) is 75.2 Å². The Bertz CT molecular complexity index is 1210. The molecule has 3 heterocycles. The van der Waals surface area contributed by atoms with Gasteiger partial charge in [-0.3, -0.25) is 9.69 Å². The lowest BCUT2D eigenvalue weighted by atomic mass is 9.86. The number of carbonyl (C=O) groups excluding carboxylic acids is 1. The van der Waals surface area contributed by atoms with E-state index in [1.54, 1.807) is 19.5 Å². The highest BCUT2D eigenvalue weighted by atomic mass is 16.6. The molecule has 0 atom stereocenters. The minimum Gasteiger partial charge on any atom is -0.399 e. The summed E-state index contributed by atoms with van der Waals surface area (Å²) in [6, 6.07) is 18.9. The van der Waals surface area contributed by atoms with Crippen LogP contribution < -0.4 is 5.73 Å². The van der Waals surface area contributed by atoms with Crippen molar-refractivity contribution < 1.29 is 9.63 Å². The summed E-state index contributed by atoms with van der Waals surface area (Å²) in [5.74, 6) is 0.966. The van der Waals surface area contributed by atoms with Crippen molar-refractivity contribution in [3.05, 3.63) is 78.1 Å². The van der Waals surface area contributed by atoms with Crippen LogP contribution in [0.3, 0.4) is 0 Å². The van der Waals surface area contributed by atoms with Crippen molar-refractivity contribution in [2.24, 2.45) is 17.0 Å². The minimum atomic E-state index is 0.100. The number of piperidine rings is 2. The molecular formula is C30H36N6O2. The Kier molecular flexibility index (Phi) is 8.28. The fourth-order valence-corrected chi connectivity index (χ4v) is 5.60. The molecule has 2 N–H and O–H groups in total. The maximum atomic E-state index is 13.3. The average Bonchev–Trinajstić information content (AvgIpc) is 2.98. The van der Waals surface area contributed by atoms with E-state index in [4.69, 9.17) is 10.6 Å². The summed E-state index contributed by atoms with van der Waals surface area (Å²) in [7, 11) is 1.60. The van der Waals surface area contributed by atoms with Gasteiger partial charge in [-0.1, -0.05) is 59.8 Å². The van der Waals surface area contributed by atoms with Crippen LogP contribution in [0.25, 0.3) is 11.1 Å². The van der Waals surface area contributed by atoms with Crippen LogP contribution in [0.15, 0.2) is 72.1 Å². The summed E-state index contributed by atoms with van der Waals surface area (Å²) in [6.07, 6.45) is 7.12. The molecule has 5 rings (SSSR count). The van der Waals surface area contributed by atoms with Crippen molar-refractivity contribution in [2.75, 3.05) is 39.0 Å². The maximum Gasteiger partial charge on any atom is 0.225 e. The highest BCUT2D eigenvalue weighted by Gasteiger charge is 2.32. The number of hydrogen-bond acceptors (Lipinski definition) is 7. The molecule has 8 heteroatoms. The second-order valence-electron chi connectivity index (χ2n) is 10.2. The van der Waals surface area contributed by atoms with Crippen LogP contribution in [0.5, 0.6) is 0 Å². The van der Waals surface area contributed by atoms with E-state index in [1.165, 1.54) is 11.1 Å². The number of anilines is 1. The Balaban J connectivity index is 1.13. The minimum absolute atomic E-state index is 0.100. The molecule has 0 bridgehead atoms. The second kappa shape index (κ2) is 12.2. The summed E-state index contributed by atoms with van der Waals surface area (Å²) in [5, 5.41) is 4.42. The number of likely N-dealkylation sites (tertiary alicyclic amines) is 2. The van der Waals surface area contributed by atoms with Gasteiger partial charge in [0.25, 0.3) is 0 Å². The van der Waals surface area contributed by atoms with Gasteiger partial charge in [0.1, 0.15) is 7.11 Å². The van der Waals surface area contributed by atoms with Crippen LogP contribution in [0.4, 0.5) is 5.95 Å². The lowest BCUT2D eigenvalue weighted by molar-refractivity contribution is -0.138. The molecule has 0 aliphatic carbocycles. The predicted molar refractivity (Wildman–Crippen MR) is 149 cm³/mol. The smallest absolute Gasteiger partial charge is 0.225 e. The normalized spacial score (nSPS) is 17.9. The lowest BCUT2D eigenvalue weighted by Gasteiger charge is -2.37. The Hall–Kier alpha value is -3.78. The molecule has 1 amide bonds. The van der Waals surface area contributed by atoms with E-state index < -0.39 is 0 Å². The molecule has 0 spiro atoms. The second-order valence-corrected chi connectivity index (χ2v) is 10.2. The van der Waals surface area contributed by atoms with Gasteiger partial charge in [0.15, 0.2) is 0 Å². The SMILES string of the molecule is CON=C(c1ccc(-c2ccccc2)cc1)C1CCN(C(=O)C2CCN(Cc3cnc(N)nc3)CC2)CC1. The van der Waals surface area contributed by atoms with Crippen LogP contribution >= 0.6 is 0 Å². The van der Waals surface area contributed by atoms with Crippen LogP contribution in [-0.4, -0.2) is 64.7 Å². The van der Waals surface area contributed by atoms with Gasteiger partial charge in [-0.05, 0) is 55.5 Å². The molecule has 2 aliphatic heterocycles. The third kappa shape index (κ3) is 6.19. The highest BCUT2D eigenvalue weighted by Crippen LogP contribution is 2.28. The number of aromatic nitrogens is 2. The molecule has 0 radical (unpaired) electrons. The zero-order chi connectivity index (χ0) is 26.3. The zero-order valence-corrected chi connectivity index (χ0v) is 22.0. The van der Waals surface area contributed by atoms with E-state index in [-0.39, 0.29) is 11.8 Å². The standard InChI is InChI=1S/C30H36N6O2/c1-38-34-28(25-9-7-24(8-10-25)23-5-3-2-4-6-23)26-13-17-36(18-14-26)29(37)27-11-15-35(16-12-27)21-22-19-32-30(31)33-20-22/h2-10,19-20,26-27H,11-18,21H2,1H3,(H2,31,32,33). The molecule has 38 heavy (non-hydrogen) atoms. The molecule has 0 unspecified atom stereocenters. The fraction of sp³-hybridized carbons (Fsp3) is 0.400. The van der Waals surface area contributed by atoms with Gasteiger partial charge in [-0.2, -0.15) is 0 Å². The Morgan fingerprint density at radius 2 is 1.50 bits per heavy atom. The first-order valence-electron chi connectivity index (χ1n) is 13.4. The molecule has 2 aromatic carbocycles. The van der Waals surface area contributed by atoms with Crippen molar-refractivity contribution in [1.82, 2.24) is 19.8 Å². The number of nitrogens with two attached hydrogens (primary N) is 1. The van der Waals surface area contributed by atoms with E-state index >= 15 is 0 Å². The monoisotopic (exact) mass is 512 g/mol. The summed E-state index contributed by atoms with van der Waals surface area (Å²) in [5.41, 5.74) is 11.1. The number of amides is 1. The van der Waals surface area contributed by atoms with Crippen molar-refractivity contribution in [1.29, 1.82) is 0 Å². The van der Waals surface area contributed by atoms with Gasteiger partial charge in [-0.15, -0.1) is 0 Å². The van der Waals surface area contributed by atoms with Gasteiger partial charge in [0.2, 0.25) is 11.9 Å². The van der Waals surface area contributed by atoms with E-state index in [1.807, 2.05) is 6.07 Å². The van der Waals surface area contributed by atoms with Crippen LogP contribution in [-0.2, 0) is 16.2 Å². The highest BCUT2D eigenvalue weighted by molar-refractivity contribution is 6.02. The molecule has 8 nitrogen and oxygen atoms in total. The van der Waals surface area contributed by atoms with Gasteiger partial charge >= 0.3 is 0 Å². The maximum absolute atomic E-state index is 13.3. The van der Waals surface area contributed by atoms with Crippen molar-refractivity contribution >= 4 is 17.6 Å². The predicted octanol–water partition coefficient (Wildman–Crippen LogP) is 4.23. The fourth-order valence-electron chi connectivity index (χ4n) is 5.60. The van der Waals surface area contributed by atoms with E-state index in [9.17, 15) is 4.79 Å². The first-order valence-corrected chi connectivity index (χ1v) is 13.4. The number of carbonyl (C=O) groups is 1. The van der Waals surface area contributed by atoms with Gasteiger partial charge in [-0.25, -0.2) is 9.97 Å². The first kappa shape index (κ1) is 25.9. The average molecular weight is 513 g/mol. The number of nitrogens with zero attached hydrogens (tertiary/aromatic N) is 5. The number of hydrogen-bond donors (Lipinski definition) is 1. The Labute approximate surface area is 224 Å². The van der Waals surface area contributed by atoms with Crippen LogP contribution in [0.2, 0.25) is 0 Å². The summed E-state index contributed by atoms with van der Waals surface area (Å²) in [6.45, 7) is 4.12. The van der Waals surface area contributed by atoms with Crippen molar-refractivity contribution in [2.45, 2.75) is 32.2 Å². The molecular weight excluding hydrogens is 476 g/mol. The van der Waals surface area contributed by atoms with E-state index in [0.29, 0.717) is 11.9 Å². The third-order valence-corrected chi connectivity index (χ3v) is 7.74. The molecule has 2 aliphatic rings. The zero-order valence-electron chi connectivity index (χ0n) is 22.0. The number of nitrogen functional groups attached to an aromatic ring is 1. The van der Waals surface area contributed by atoms with Crippen LogP contribution in [0, 0.1) is 11.8 Å². The van der Waals surface area contributed by atoms with Crippen molar-refractivity contribution in [3.63, 3.8) is 0 Å². The van der Waals surface area contributed by atoms with Gasteiger partial charge < -0.3 is 15.5 Å². The number of oxime groups is 1. The first-order chi connectivity index (χ1) is 18.6. The molecule has 198 valence electrons. The largest absolute Gasteiger partial charge is 0.399 e. The van der Waals surface area contributed by atoms with Crippen LogP contribution in [0.1, 0.15) is 36.8 Å².